The summed E-state index contributed by atoms with van der Waals surface area (Å²) in [4.78, 5) is 29.1. The summed E-state index contributed by atoms with van der Waals surface area (Å²) in [7, 11) is 0. The number of amides is 1. The van der Waals surface area contributed by atoms with Crippen molar-refractivity contribution in [3.63, 3.8) is 0 Å². The number of hydrogen-bond acceptors (Lipinski definition) is 4. The zero-order valence-electron chi connectivity index (χ0n) is 16.3. The molecule has 1 amide bonds. The van der Waals surface area contributed by atoms with Gasteiger partial charge in [0, 0.05) is 46.3 Å². The fraction of sp³-hybridized carbons (Fsp3) is 0.261. The molecule has 2 aromatic carbocycles. The van der Waals surface area contributed by atoms with Crippen LogP contribution in [0.4, 0.5) is 0 Å². The van der Waals surface area contributed by atoms with Crippen molar-refractivity contribution < 1.29 is 14.7 Å². The second kappa shape index (κ2) is 6.87. The topological polar surface area (TPSA) is 106 Å². The number of nitriles is 1. The number of nitrogens with zero attached hydrogens (tertiary/aromatic N) is 1. The number of nitrogens with one attached hydrogen (secondary N) is 2. The minimum absolute atomic E-state index is 0.0165. The number of aromatic amines is 1. The molecular formula is C23H21N3O3. The number of aliphatic hydroxyl groups is 1. The number of carbonyl (C=O) groups excluding carboxylic acids is 2. The van der Waals surface area contributed by atoms with Gasteiger partial charge in [-0.05, 0) is 42.3 Å². The molecule has 6 nitrogen and oxygen atoms in total. The summed E-state index contributed by atoms with van der Waals surface area (Å²) in [5.41, 5.74) is 4.03. The van der Waals surface area contributed by atoms with Gasteiger partial charge in [-0.25, -0.2) is 0 Å². The van der Waals surface area contributed by atoms with Crippen LogP contribution in [-0.4, -0.2) is 34.9 Å². The lowest BCUT2D eigenvalue weighted by molar-refractivity contribution is 0.0949. The summed E-state index contributed by atoms with van der Waals surface area (Å²) in [5.74, 6) is -0.317. The van der Waals surface area contributed by atoms with Crippen molar-refractivity contribution in [3.05, 3.63) is 69.9 Å². The molecular weight excluding hydrogens is 366 g/mol. The lowest BCUT2D eigenvalue weighted by Gasteiger charge is -2.32. The van der Waals surface area contributed by atoms with E-state index in [0.29, 0.717) is 35.2 Å². The monoisotopic (exact) mass is 387 g/mol. The fourth-order valence-electron chi connectivity index (χ4n) is 4.02. The first-order valence-corrected chi connectivity index (χ1v) is 9.53. The van der Waals surface area contributed by atoms with E-state index in [0.717, 1.165) is 22.2 Å². The standard InChI is InChI=1S/C23H21N3O3/c1-23(2)17-11-14(22(29)25-8-3-9-27)5-7-15(17)20(28)19-16-6-4-13(12-24)10-18(16)26-21(19)23/h4-7,10-11,26-27H,3,8-9H2,1-2H3,(H,25,29). The maximum absolute atomic E-state index is 13.3. The quantitative estimate of drug-likeness (QED) is 0.598. The smallest absolute Gasteiger partial charge is 0.251 e. The van der Waals surface area contributed by atoms with Crippen LogP contribution in [-0.2, 0) is 5.41 Å². The van der Waals surface area contributed by atoms with Crippen LogP contribution in [0.1, 0.15) is 63.4 Å². The Bertz CT molecular complexity index is 1200. The Labute approximate surface area is 168 Å². The fourth-order valence-corrected chi connectivity index (χ4v) is 4.02. The number of carbonyl (C=O) groups is 2. The molecule has 0 unspecified atom stereocenters. The molecule has 0 bridgehead atoms. The maximum atomic E-state index is 13.3. The van der Waals surface area contributed by atoms with Crippen LogP contribution in [0, 0.1) is 11.3 Å². The Morgan fingerprint density at radius 2 is 2.03 bits per heavy atom. The minimum Gasteiger partial charge on any atom is -0.396 e. The first-order chi connectivity index (χ1) is 13.9. The number of benzene rings is 2. The van der Waals surface area contributed by atoms with E-state index in [1.165, 1.54) is 0 Å². The summed E-state index contributed by atoms with van der Waals surface area (Å²) in [6.07, 6.45) is 0.490. The summed E-state index contributed by atoms with van der Waals surface area (Å²) in [5, 5.41) is 21.6. The van der Waals surface area contributed by atoms with Crippen molar-refractivity contribution in [2.45, 2.75) is 25.7 Å². The number of aromatic nitrogens is 1. The highest BCUT2D eigenvalue weighted by Crippen LogP contribution is 2.43. The van der Waals surface area contributed by atoms with Gasteiger partial charge in [-0.1, -0.05) is 19.9 Å². The van der Waals surface area contributed by atoms with E-state index >= 15 is 0 Å². The number of hydrogen-bond donors (Lipinski definition) is 3. The summed E-state index contributed by atoms with van der Waals surface area (Å²) in [6.45, 7) is 4.45. The molecule has 0 spiro atoms. The van der Waals surface area contributed by atoms with Gasteiger partial charge in [-0.2, -0.15) is 5.26 Å². The second-order valence-corrected chi connectivity index (χ2v) is 7.79. The highest BCUT2D eigenvalue weighted by Gasteiger charge is 2.39. The normalized spacial score (nSPS) is 14.2. The van der Waals surface area contributed by atoms with E-state index < -0.39 is 5.41 Å². The van der Waals surface area contributed by atoms with Crippen LogP contribution >= 0.6 is 0 Å². The molecule has 1 aliphatic rings. The third-order valence-corrected chi connectivity index (χ3v) is 5.60. The predicted octanol–water partition coefficient (Wildman–Crippen LogP) is 3.02. The molecule has 1 aromatic heterocycles. The maximum Gasteiger partial charge on any atom is 0.251 e. The van der Waals surface area contributed by atoms with Crippen LogP contribution in [0.15, 0.2) is 36.4 Å². The molecule has 0 radical (unpaired) electrons. The lowest BCUT2D eigenvalue weighted by atomic mass is 9.71. The van der Waals surface area contributed by atoms with Gasteiger partial charge < -0.3 is 15.4 Å². The number of ketones is 1. The van der Waals surface area contributed by atoms with Crippen molar-refractivity contribution in [1.82, 2.24) is 10.3 Å². The van der Waals surface area contributed by atoms with Gasteiger partial charge in [0.1, 0.15) is 0 Å². The summed E-state index contributed by atoms with van der Waals surface area (Å²) in [6, 6.07) is 12.6. The molecule has 3 N–H and O–H groups in total. The molecule has 29 heavy (non-hydrogen) atoms. The summed E-state index contributed by atoms with van der Waals surface area (Å²) < 4.78 is 0. The van der Waals surface area contributed by atoms with E-state index in [1.807, 2.05) is 19.9 Å². The molecule has 146 valence electrons. The van der Waals surface area contributed by atoms with Crippen molar-refractivity contribution in [1.29, 1.82) is 5.26 Å². The molecule has 0 saturated carbocycles. The van der Waals surface area contributed by atoms with Crippen LogP contribution in [0.2, 0.25) is 0 Å². The van der Waals surface area contributed by atoms with Gasteiger partial charge in [0.2, 0.25) is 0 Å². The van der Waals surface area contributed by atoms with Gasteiger partial charge in [-0.15, -0.1) is 0 Å². The molecule has 4 rings (SSSR count). The third-order valence-electron chi connectivity index (χ3n) is 5.60. The number of aliphatic hydroxyl groups excluding tert-OH is 1. The van der Waals surface area contributed by atoms with Crippen LogP contribution < -0.4 is 5.32 Å². The van der Waals surface area contributed by atoms with Crippen LogP contribution in [0.5, 0.6) is 0 Å². The Hall–Kier alpha value is -3.43. The average molecular weight is 387 g/mol. The lowest BCUT2D eigenvalue weighted by Crippen LogP contribution is -2.31. The Kier molecular flexibility index (Phi) is 4.48. The van der Waals surface area contributed by atoms with Crippen LogP contribution in [0.25, 0.3) is 10.9 Å². The zero-order valence-corrected chi connectivity index (χ0v) is 16.3. The molecule has 0 fully saturated rings. The van der Waals surface area contributed by atoms with Crippen molar-refractivity contribution in [2.24, 2.45) is 0 Å². The van der Waals surface area contributed by atoms with Crippen LogP contribution in [0.3, 0.4) is 0 Å². The predicted molar refractivity (Wildman–Crippen MR) is 109 cm³/mol. The third kappa shape index (κ3) is 2.91. The molecule has 0 atom stereocenters. The highest BCUT2D eigenvalue weighted by molar-refractivity contribution is 6.20. The zero-order chi connectivity index (χ0) is 20.8. The Balaban J connectivity index is 1.82. The van der Waals surface area contributed by atoms with Gasteiger partial charge >= 0.3 is 0 Å². The molecule has 6 heteroatoms. The van der Waals surface area contributed by atoms with Crippen molar-refractivity contribution >= 4 is 22.6 Å². The van der Waals surface area contributed by atoms with E-state index in [9.17, 15) is 14.9 Å². The van der Waals surface area contributed by atoms with E-state index in [2.05, 4.69) is 16.4 Å². The van der Waals surface area contributed by atoms with Gasteiger partial charge in [0.05, 0.1) is 17.2 Å². The number of rotatable bonds is 4. The van der Waals surface area contributed by atoms with Gasteiger partial charge in [-0.3, -0.25) is 9.59 Å². The van der Waals surface area contributed by atoms with Crippen molar-refractivity contribution in [2.75, 3.05) is 13.2 Å². The largest absolute Gasteiger partial charge is 0.396 e. The number of H-pyrrole nitrogens is 1. The summed E-state index contributed by atoms with van der Waals surface area (Å²) >= 11 is 0. The molecule has 0 saturated heterocycles. The van der Waals surface area contributed by atoms with E-state index in [-0.39, 0.29) is 18.3 Å². The average Bonchev–Trinajstić information content (AvgIpc) is 3.12. The molecule has 3 aromatic rings. The first-order valence-electron chi connectivity index (χ1n) is 9.53. The Morgan fingerprint density at radius 3 is 2.76 bits per heavy atom. The second-order valence-electron chi connectivity index (χ2n) is 7.79. The van der Waals surface area contributed by atoms with Crippen molar-refractivity contribution in [3.8, 4) is 6.07 Å². The SMILES string of the molecule is CC1(C)c2cc(C(=O)NCCCO)ccc2C(=O)c2c1[nH]c1cc(C#N)ccc21. The highest BCUT2D eigenvalue weighted by atomic mass is 16.3. The first kappa shape index (κ1) is 18.9. The van der Waals surface area contributed by atoms with E-state index in [1.54, 1.807) is 30.3 Å². The van der Waals surface area contributed by atoms with E-state index in [4.69, 9.17) is 5.11 Å². The minimum atomic E-state index is -0.522. The van der Waals surface area contributed by atoms with Gasteiger partial charge in [0.15, 0.2) is 5.78 Å². The molecule has 0 aliphatic heterocycles. The van der Waals surface area contributed by atoms with Gasteiger partial charge in [0.25, 0.3) is 5.91 Å². The molecule has 1 heterocycles. The number of fused-ring (bicyclic) bond motifs is 4. The molecule has 1 aliphatic carbocycles. The Morgan fingerprint density at radius 1 is 1.24 bits per heavy atom.